The fourth-order valence-electron chi connectivity index (χ4n) is 1.96. The molecule has 106 valence electrons. The molecule has 2 aromatic carbocycles. The molecule has 0 aromatic heterocycles. The summed E-state index contributed by atoms with van der Waals surface area (Å²) < 4.78 is 11.1. The predicted octanol–water partition coefficient (Wildman–Crippen LogP) is 2.70. The second-order valence-corrected chi connectivity index (χ2v) is 4.47. The summed E-state index contributed by atoms with van der Waals surface area (Å²) in [6.45, 7) is 1.15. The van der Waals surface area contributed by atoms with E-state index in [1.54, 1.807) is 25.3 Å². The molecule has 0 aliphatic carbocycles. The van der Waals surface area contributed by atoms with E-state index >= 15 is 0 Å². The highest BCUT2D eigenvalue weighted by Gasteiger charge is 2.06. The molecule has 4 nitrogen and oxygen atoms in total. The first-order valence-corrected chi connectivity index (χ1v) is 6.45. The Morgan fingerprint density at radius 1 is 1.05 bits per heavy atom. The molecule has 0 heterocycles. The van der Waals surface area contributed by atoms with Gasteiger partial charge in [-0.3, -0.25) is 0 Å². The van der Waals surface area contributed by atoms with Crippen LogP contribution in [0.3, 0.4) is 0 Å². The van der Waals surface area contributed by atoms with Crippen LogP contribution in [0.1, 0.15) is 11.1 Å². The maximum Gasteiger partial charge on any atom is 0.161 e. The number of hydrogen-bond donors (Lipinski definition) is 2. The van der Waals surface area contributed by atoms with Crippen LogP contribution in [0.5, 0.6) is 17.2 Å². The van der Waals surface area contributed by atoms with Gasteiger partial charge in [-0.1, -0.05) is 18.2 Å². The van der Waals surface area contributed by atoms with Crippen molar-refractivity contribution in [3.05, 3.63) is 53.6 Å². The molecule has 0 radical (unpaired) electrons. The summed E-state index contributed by atoms with van der Waals surface area (Å²) in [4.78, 5) is 0. The maximum absolute atomic E-state index is 9.44. The molecule has 0 bridgehead atoms. The lowest BCUT2D eigenvalue weighted by Gasteiger charge is -2.12. The minimum atomic E-state index is 0.238. The molecule has 0 aliphatic heterocycles. The van der Waals surface area contributed by atoms with Crippen molar-refractivity contribution in [2.75, 3.05) is 14.2 Å². The first-order valence-electron chi connectivity index (χ1n) is 6.45. The molecule has 0 saturated heterocycles. The summed E-state index contributed by atoms with van der Waals surface area (Å²) in [5.41, 5.74) is 2.03. The van der Waals surface area contributed by atoms with Gasteiger partial charge in [0.25, 0.3) is 0 Å². The molecule has 0 fully saturated rings. The Hall–Kier alpha value is -2.20. The van der Waals surface area contributed by atoms with Crippen molar-refractivity contribution in [1.82, 2.24) is 5.32 Å². The fraction of sp³-hybridized carbons (Fsp3) is 0.250. The highest BCUT2D eigenvalue weighted by atomic mass is 16.5. The summed E-state index contributed by atoms with van der Waals surface area (Å²) in [6.07, 6.45) is 0. The predicted molar refractivity (Wildman–Crippen MR) is 78.2 cm³/mol. The van der Waals surface area contributed by atoms with Gasteiger partial charge in [0.15, 0.2) is 11.5 Å². The Morgan fingerprint density at radius 3 is 2.60 bits per heavy atom. The topological polar surface area (TPSA) is 50.7 Å². The normalized spacial score (nSPS) is 10.3. The van der Waals surface area contributed by atoms with Gasteiger partial charge < -0.3 is 19.9 Å². The molecule has 0 atom stereocenters. The van der Waals surface area contributed by atoms with Crippen LogP contribution in [0, 0.1) is 0 Å². The lowest BCUT2D eigenvalue weighted by molar-refractivity contribution is 0.283. The van der Waals surface area contributed by atoms with E-state index in [1.165, 1.54) is 0 Å². The lowest BCUT2D eigenvalue weighted by atomic mass is 10.2. The van der Waals surface area contributed by atoms with Gasteiger partial charge in [0, 0.05) is 6.54 Å². The summed E-state index contributed by atoms with van der Waals surface area (Å²) in [5.74, 6) is 1.63. The van der Waals surface area contributed by atoms with Gasteiger partial charge in [0.1, 0.15) is 12.4 Å². The van der Waals surface area contributed by atoms with Crippen molar-refractivity contribution in [3.63, 3.8) is 0 Å². The Morgan fingerprint density at radius 2 is 1.90 bits per heavy atom. The SMILES string of the molecule is CNCc1ccc(OC)c(OCc2cccc(O)c2)c1. The summed E-state index contributed by atoms with van der Waals surface area (Å²) in [6, 6.07) is 12.9. The Kier molecular flexibility index (Phi) is 4.85. The second kappa shape index (κ2) is 6.82. The fourth-order valence-corrected chi connectivity index (χ4v) is 1.96. The largest absolute Gasteiger partial charge is 0.508 e. The number of rotatable bonds is 6. The first-order chi connectivity index (χ1) is 9.72. The van der Waals surface area contributed by atoms with Gasteiger partial charge in [-0.15, -0.1) is 0 Å². The molecular formula is C16H19NO3. The molecule has 0 aliphatic rings. The molecule has 4 heteroatoms. The molecular weight excluding hydrogens is 254 g/mol. The van der Waals surface area contributed by atoms with Crippen LogP contribution >= 0.6 is 0 Å². The molecule has 0 unspecified atom stereocenters. The Labute approximate surface area is 119 Å². The standard InChI is InChI=1S/C16H19NO3/c1-17-10-12-6-7-15(19-2)16(9-12)20-11-13-4-3-5-14(18)8-13/h3-9,17-18H,10-11H2,1-2H3. The van der Waals surface area contributed by atoms with Crippen LogP contribution in [0.4, 0.5) is 0 Å². The number of hydrogen-bond acceptors (Lipinski definition) is 4. The minimum Gasteiger partial charge on any atom is -0.508 e. The molecule has 2 rings (SSSR count). The van der Waals surface area contributed by atoms with E-state index in [9.17, 15) is 5.11 Å². The highest BCUT2D eigenvalue weighted by Crippen LogP contribution is 2.29. The number of phenols is 1. The van der Waals surface area contributed by atoms with E-state index in [2.05, 4.69) is 5.32 Å². The smallest absolute Gasteiger partial charge is 0.161 e. The molecule has 0 amide bonds. The van der Waals surface area contributed by atoms with E-state index < -0.39 is 0 Å². The lowest BCUT2D eigenvalue weighted by Crippen LogP contribution is -2.05. The molecule has 2 aromatic rings. The average Bonchev–Trinajstić information content (AvgIpc) is 2.46. The Balaban J connectivity index is 2.12. The van der Waals surface area contributed by atoms with Gasteiger partial charge in [0.2, 0.25) is 0 Å². The maximum atomic E-state index is 9.44. The van der Waals surface area contributed by atoms with E-state index in [0.717, 1.165) is 17.7 Å². The van der Waals surface area contributed by atoms with Gasteiger partial charge in [-0.2, -0.15) is 0 Å². The molecule has 0 saturated carbocycles. The van der Waals surface area contributed by atoms with E-state index in [-0.39, 0.29) is 5.75 Å². The van der Waals surface area contributed by atoms with E-state index in [0.29, 0.717) is 18.1 Å². The monoisotopic (exact) mass is 273 g/mol. The Bertz CT molecular complexity index is 569. The van der Waals surface area contributed by atoms with Crippen LogP contribution in [0.25, 0.3) is 0 Å². The van der Waals surface area contributed by atoms with Crippen molar-refractivity contribution in [2.24, 2.45) is 0 Å². The van der Waals surface area contributed by atoms with E-state index in [1.807, 2.05) is 31.3 Å². The number of aromatic hydroxyl groups is 1. The van der Waals surface area contributed by atoms with E-state index in [4.69, 9.17) is 9.47 Å². The molecule has 2 N–H and O–H groups in total. The average molecular weight is 273 g/mol. The van der Waals surface area contributed by atoms with Crippen LogP contribution in [0.2, 0.25) is 0 Å². The molecule has 20 heavy (non-hydrogen) atoms. The van der Waals surface area contributed by atoms with Crippen molar-refractivity contribution in [3.8, 4) is 17.2 Å². The number of methoxy groups -OCH3 is 1. The van der Waals surface area contributed by atoms with Gasteiger partial charge in [-0.25, -0.2) is 0 Å². The summed E-state index contributed by atoms with van der Waals surface area (Å²) in [7, 11) is 3.52. The third kappa shape index (κ3) is 3.65. The number of ether oxygens (including phenoxy) is 2. The number of benzene rings is 2. The van der Waals surface area contributed by atoms with Crippen molar-refractivity contribution in [2.45, 2.75) is 13.2 Å². The number of phenolic OH excluding ortho intramolecular Hbond substituents is 1. The third-order valence-corrected chi connectivity index (χ3v) is 2.91. The zero-order valence-corrected chi connectivity index (χ0v) is 11.7. The van der Waals surface area contributed by atoms with Crippen LogP contribution < -0.4 is 14.8 Å². The zero-order valence-electron chi connectivity index (χ0n) is 11.7. The van der Waals surface area contributed by atoms with Gasteiger partial charge >= 0.3 is 0 Å². The first kappa shape index (κ1) is 14.2. The summed E-state index contributed by atoms with van der Waals surface area (Å²) in [5, 5.41) is 12.5. The van der Waals surface area contributed by atoms with Crippen LogP contribution in [-0.2, 0) is 13.2 Å². The van der Waals surface area contributed by atoms with Gasteiger partial charge in [0.05, 0.1) is 7.11 Å². The van der Waals surface area contributed by atoms with Crippen molar-refractivity contribution < 1.29 is 14.6 Å². The van der Waals surface area contributed by atoms with Crippen LogP contribution in [-0.4, -0.2) is 19.3 Å². The van der Waals surface area contributed by atoms with Gasteiger partial charge in [-0.05, 0) is 42.4 Å². The minimum absolute atomic E-state index is 0.238. The third-order valence-electron chi connectivity index (χ3n) is 2.91. The summed E-state index contributed by atoms with van der Waals surface area (Å²) >= 11 is 0. The molecule has 0 spiro atoms. The van der Waals surface area contributed by atoms with Crippen LogP contribution in [0.15, 0.2) is 42.5 Å². The quantitative estimate of drug-likeness (QED) is 0.849. The number of nitrogens with one attached hydrogen (secondary N) is 1. The zero-order chi connectivity index (χ0) is 14.4. The second-order valence-electron chi connectivity index (χ2n) is 4.47. The van der Waals surface area contributed by atoms with Crippen molar-refractivity contribution in [1.29, 1.82) is 0 Å². The van der Waals surface area contributed by atoms with Crippen molar-refractivity contribution >= 4 is 0 Å². The highest BCUT2D eigenvalue weighted by molar-refractivity contribution is 5.43.